The Morgan fingerprint density at radius 3 is 2.47 bits per heavy atom. The number of hydrogen-bond donors (Lipinski definition) is 1. The van der Waals surface area contributed by atoms with E-state index in [9.17, 15) is 5.11 Å². The Kier molecular flexibility index (Phi) is 3.67. The smallest absolute Gasteiger partial charge is 0.311 e. The van der Waals surface area contributed by atoms with Crippen molar-refractivity contribution in [1.82, 2.24) is 4.57 Å². The maximum absolute atomic E-state index is 10.1. The summed E-state index contributed by atoms with van der Waals surface area (Å²) in [6.45, 7) is 7.43. The zero-order valence-electron chi connectivity index (χ0n) is 12.7. The van der Waals surface area contributed by atoms with Crippen molar-refractivity contribution in [3.8, 4) is 0 Å². The second-order valence-corrected chi connectivity index (χ2v) is 6.41. The predicted octanol–water partition coefficient (Wildman–Crippen LogP) is -0.0772. The van der Waals surface area contributed by atoms with Crippen LogP contribution in [0.3, 0.4) is 0 Å². The molecule has 1 aliphatic carbocycles. The van der Waals surface area contributed by atoms with Crippen molar-refractivity contribution in [3.63, 3.8) is 0 Å². The minimum Gasteiger partial charge on any atom is -0.427 e. The summed E-state index contributed by atoms with van der Waals surface area (Å²) in [5, 5.41) is 12.7. The molecule has 1 aromatic heterocycles. The van der Waals surface area contributed by atoms with E-state index in [-0.39, 0.29) is 0 Å². The SMILES string of the molecule is Cn1cc(BOC(C)(C)C(C)(C)O)c2c1=CCCC=2. The van der Waals surface area contributed by atoms with E-state index < -0.39 is 11.2 Å². The number of rotatable bonds is 4. The van der Waals surface area contributed by atoms with Gasteiger partial charge in [0, 0.05) is 18.6 Å². The molecule has 2 rings (SSSR count). The number of aryl methyl sites for hydroxylation is 1. The third kappa shape index (κ3) is 2.80. The molecule has 4 heteroatoms. The summed E-state index contributed by atoms with van der Waals surface area (Å²) in [6.07, 6.45) is 8.90. The van der Waals surface area contributed by atoms with E-state index in [1.807, 2.05) is 13.8 Å². The second-order valence-electron chi connectivity index (χ2n) is 6.41. The first-order valence-electron chi connectivity index (χ1n) is 6.93. The largest absolute Gasteiger partial charge is 0.427 e. The van der Waals surface area contributed by atoms with Crippen LogP contribution in [0.4, 0.5) is 0 Å². The lowest BCUT2D eigenvalue weighted by Gasteiger charge is -2.37. The summed E-state index contributed by atoms with van der Waals surface area (Å²) < 4.78 is 8.12. The topological polar surface area (TPSA) is 34.4 Å². The van der Waals surface area contributed by atoms with Crippen molar-refractivity contribution in [2.24, 2.45) is 7.05 Å². The van der Waals surface area contributed by atoms with Crippen LogP contribution in [-0.2, 0) is 11.7 Å². The van der Waals surface area contributed by atoms with Gasteiger partial charge in [-0.25, -0.2) is 0 Å². The molecule has 0 unspecified atom stereocenters. The normalized spacial score (nSPS) is 15.5. The third-order valence-corrected chi connectivity index (χ3v) is 4.27. The molecule has 0 fully saturated rings. The van der Waals surface area contributed by atoms with Crippen molar-refractivity contribution in [1.29, 1.82) is 0 Å². The average molecular weight is 261 g/mol. The molecule has 1 aliphatic rings. The van der Waals surface area contributed by atoms with Crippen molar-refractivity contribution < 1.29 is 9.76 Å². The van der Waals surface area contributed by atoms with Gasteiger partial charge in [0.05, 0.1) is 11.2 Å². The quantitative estimate of drug-likeness (QED) is 0.769. The van der Waals surface area contributed by atoms with Gasteiger partial charge in [-0.05, 0) is 51.2 Å². The molecule has 0 aromatic carbocycles. The molecule has 0 saturated heterocycles. The van der Waals surface area contributed by atoms with Gasteiger partial charge in [-0.3, -0.25) is 0 Å². The zero-order chi connectivity index (χ0) is 14.3. The molecule has 104 valence electrons. The van der Waals surface area contributed by atoms with E-state index in [2.05, 4.69) is 30.0 Å². The van der Waals surface area contributed by atoms with Crippen LogP contribution in [0.25, 0.3) is 12.2 Å². The fraction of sp³-hybridized carbons (Fsp3) is 0.600. The van der Waals surface area contributed by atoms with Crippen LogP contribution in [0.2, 0.25) is 0 Å². The van der Waals surface area contributed by atoms with Crippen LogP contribution in [0.5, 0.6) is 0 Å². The van der Waals surface area contributed by atoms with Crippen molar-refractivity contribution in [2.45, 2.75) is 51.7 Å². The Morgan fingerprint density at radius 1 is 1.21 bits per heavy atom. The summed E-state index contributed by atoms with van der Waals surface area (Å²) >= 11 is 0. The van der Waals surface area contributed by atoms with Gasteiger partial charge >= 0.3 is 7.48 Å². The van der Waals surface area contributed by atoms with Crippen molar-refractivity contribution >= 4 is 25.1 Å². The summed E-state index contributed by atoms with van der Waals surface area (Å²) in [5.74, 6) is 0. The number of nitrogens with zero attached hydrogens (tertiary/aromatic N) is 1. The first-order valence-corrected chi connectivity index (χ1v) is 6.93. The number of fused-ring (bicyclic) bond motifs is 1. The maximum Gasteiger partial charge on any atom is 0.311 e. The van der Waals surface area contributed by atoms with E-state index >= 15 is 0 Å². The van der Waals surface area contributed by atoms with E-state index in [0.29, 0.717) is 7.48 Å². The first kappa shape index (κ1) is 14.4. The lowest BCUT2D eigenvalue weighted by atomic mass is 9.82. The van der Waals surface area contributed by atoms with Gasteiger partial charge in [-0.1, -0.05) is 12.2 Å². The van der Waals surface area contributed by atoms with Gasteiger partial charge in [0.15, 0.2) is 0 Å². The van der Waals surface area contributed by atoms with Crippen molar-refractivity contribution in [2.75, 3.05) is 0 Å². The monoisotopic (exact) mass is 261 g/mol. The van der Waals surface area contributed by atoms with Crippen LogP contribution >= 0.6 is 0 Å². The third-order valence-electron chi connectivity index (χ3n) is 4.27. The molecule has 1 heterocycles. The molecule has 19 heavy (non-hydrogen) atoms. The lowest BCUT2D eigenvalue weighted by Crippen LogP contribution is -2.51. The summed E-state index contributed by atoms with van der Waals surface area (Å²) in [4.78, 5) is 0. The van der Waals surface area contributed by atoms with Gasteiger partial charge in [-0.15, -0.1) is 0 Å². The van der Waals surface area contributed by atoms with Crippen LogP contribution in [-0.4, -0.2) is 28.4 Å². The van der Waals surface area contributed by atoms with E-state index in [1.54, 1.807) is 13.8 Å². The van der Waals surface area contributed by atoms with Gasteiger partial charge in [0.1, 0.15) is 0 Å². The van der Waals surface area contributed by atoms with Crippen molar-refractivity contribution in [3.05, 3.63) is 16.8 Å². The van der Waals surface area contributed by atoms with Crippen LogP contribution in [0.15, 0.2) is 6.20 Å². The number of aliphatic hydroxyl groups is 1. The standard InChI is InChI=1S/C15H24BNO2/c1-14(2,18)15(3,4)19-16-12-10-17(5)13-9-7-6-8-11(12)13/h8-10,16,18H,6-7H2,1-5H3. The van der Waals surface area contributed by atoms with Crippen LogP contribution in [0, 0.1) is 0 Å². The summed E-state index contributed by atoms with van der Waals surface area (Å²) in [5.41, 5.74) is -0.239. The highest BCUT2D eigenvalue weighted by atomic mass is 16.5. The Labute approximate surface area is 115 Å². The Balaban J connectivity index is 2.23. The highest BCUT2D eigenvalue weighted by Crippen LogP contribution is 2.23. The van der Waals surface area contributed by atoms with Gasteiger partial charge in [0.2, 0.25) is 0 Å². The number of hydrogen-bond acceptors (Lipinski definition) is 2. The Hall–Kier alpha value is -0.995. The molecular formula is C15H24BNO2. The minimum atomic E-state index is -0.863. The first-order chi connectivity index (χ1) is 8.72. The lowest BCUT2D eigenvalue weighted by molar-refractivity contribution is -0.0893. The van der Waals surface area contributed by atoms with Gasteiger partial charge < -0.3 is 14.3 Å². The molecule has 0 amide bonds. The summed E-state index contributed by atoms with van der Waals surface area (Å²) in [6, 6.07) is 0. The van der Waals surface area contributed by atoms with Crippen LogP contribution in [0.1, 0.15) is 40.5 Å². The maximum atomic E-state index is 10.1. The zero-order valence-corrected chi connectivity index (χ0v) is 12.7. The molecule has 0 atom stereocenters. The highest BCUT2D eigenvalue weighted by Gasteiger charge is 2.35. The van der Waals surface area contributed by atoms with E-state index in [0.717, 1.165) is 12.8 Å². The number of aromatic nitrogens is 1. The predicted molar refractivity (Wildman–Crippen MR) is 81.1 cm³/mol. The van der Waals surface area contributed by atoms with E-state index in [1.165, 1.54) is 16.0 Å². The molecular weight excluding hydrogens is 237 g/mol. The van der Waals surface area contributed by atoms with Gasteiger partial charge in [-0.2, -0.15) is 0 Å². The fourth-order valence-electron chi connectivity index (χ4n) is 2.21. The molecule has 0 radical (unpaired) electrons. The second kappa shape index (κ2) is 4.84. The van der Waals surface area contributed by atoms with Gasteiger partial charge in [0.25, 0.3) is 0 Å². The summed E-state index contributed by atoms with van der Waals surface area (Å²) in [7, 11) is 2.60. The molecule has 1 aromatic rings. The molecule has 0 bridgehead atoms. The van der Waals surface area contributed by atoms with Crippen LogP contribution < -0.4 is 16.0 Å². The molecule has 0 aliphatic heterocycles. The fourth-order valence-corrected chi connectivity index (χ4v) is 2.21. The molecule has 0 saturated carbocycles. The Bertz CT molecular complexity index is 579. The van der Waals surface area contributed by atoms with E-state index in [4.69, 9.17) is 4.65 Å². The molecule has 0 spiro atoms. The average Bonchev–Trinajstić information content (AvgIpc) is 2.63. The Morgan fingerprint density at radius 2 is 1.84 bits per heavy atom. The highest BCUT2D eigenvalue weighted by molar-refractivity contribution is 6.47. The molecule has 1 N–H and O–H groups in total. The minimum absolute atomic E-state index is 0.532. The molecule has 3 nitrogen and oxygen atoms in total.